The number of anilines is 1. The van der Waals surface area contributed by atoms with Crippen LogP contribution in [0.4, 0.5) is 5.69 Å². The van der Waals surface area contributed by atoms with Gasteiger partial charge >= 0.3 is 0 Å². The van der Waals surface area contributed by atoms with Gasteiger partial charge in [0, 0.05) is 11.6 Å². The van der Waals surface area contributed by atoms with Crippen LogP contribution in [-0.4, -0.2) is 29.9 Å². The van der Waals surface area contributed by atoms with Gasteiger partial charge in [-0.25, -0.2) is 4.68 Å². The summed E-state index contributed by atoms with van der Waals surface area (Å²) in [4.78, 5) is 13.3. The Labute approximate surface area is 174 Å². The van der Waals surface area contributed by atoms with Crippen molar-refractivity contribution in [2.75, 3.05) is 19.5 Å². The highest BCUT2D eigenvalue weighted by Crippen LogP contribution is 2.31. The molecule has 0 radical (unpaired) electrons. The molecule has 150 valence electrons. The molecule has 1 aromatic heterocycles. The van der Waals surface area contributed by atoms with E-state index in [1.54, 1.807) is 43.3 Å². The molecule has 4 aromatic rings. The number of nitrogens with one attached hydrogen (secondary N) is 1. The van der Waals surface area contributed by atoms with Gasteiger partial charge in [0.05, 0.1) is 43.0 Å². The van der Waals surface area contributed by atoms with Crippen LogP contribution in [0, 0.1) is 0 Å². The van der Waals surface area contributed by atoms with Crippen LogP contribution >= 0.6 is 0 Å². The molecule has 0 unspecified atom stereocenters. The molecule has 0 saturated heterocycles. The number of carbonyl (C=O) groups is 1. The van der Waals surface area contributed by atoms with Crippen molar-refractivity contribution in [1.82, 2.24) is 9.78 Å². The maximum absolute atomic E-state index is 13.3. The zero-order valence-corrected chi connectivity index (χ0v) is 16.7. The number of aromatic nitrogens is 2. The Bertz CT molecular complexity index is 1160. The quantitative estimate of drug-likeness (QED) is 0.505. The molecule has 6 heteroatoms. The lowest BCUT2D eigenvalue weighted by molar-refractivity contribution is 0.102. The highest BCUT2D eigenvalue weighted by Gasteiger charge is 2.21. The average Bonchev–Trinajstić information content (AvgIpc) is 3.25. The molecule has 0 aliphatic heterocycles. The lowest BCUT2D eigenvalue weighted by Gasteiger charge is -2.13. The fraction of sp³-hybridized carbons (Fsp3) is 0.0833. The summed E-state index contributed by atoms with van der Waals surface area (Å²) in [6.07, 6.45) is 1.58. The Morgan fingerprint density at radius 2 is 1.60 bits per heavy atom. The largest absolute Gasteiger partial charge is 0.497 e. The highest BCUT2D eigenvalue weighted by molar-refractivity contribution is 6.09. The number of carbonyl (C=O) groups excluding carboxylic acids is 1. The maximum atomic E-state index is 13.3. The molecule has 0 spiro atoms. The smallest absolute Gasteiger partial charge is 0.259 e. The molecule has 1 N–H and O–H groups in total. The molecule has 1 heterocycles. The van der Waals surface area contributed by atoms with Crippen LogP contribution in [0.2, 0.25) is 0 Å². The fourth-order valence-electron chi connectivity index (χ4n) is 3.25. The van der Waals surface area contributed by atoms with Gasteiger partial charge in [0.2, 0.25) is 0 Å². The van der Waals surface area contributed by atoms with Crippen molar-refractivity contribution in [1.29, 1.82) is 0 Å². The SMILES string of the molecule is COc1ccc(OC)c(NC(=O)c2cnn(-c3ccccc3)c2-c2ccccc2)c1. The third kappa shape index (κ3) is 3.75. The van der Waals surface area contributed by atoms with Crippen LogP contribution in [-0.2, 0) is 0 Å². The van der Waals surface area contributed by atoms with Crippen molar-refractivity contribution in [3.8, 4) is 28.4 Å². The molecule has 4 rings (SSSR count). The van der Waals surface area contributed by atoms with E-state index in [4.69, 9.17) is 9.47 Å². The van der Waals surface area contributed by atoms with Crippen LogP contribution < -0.4 is 14.8 Å². The van der Waals surface area contributed by atoms with E-state index >= 15 is 0 Å². The van der Waals surface area contributed by atoms with Gasteiger partial charge in [0.25, 0.3) is 5.91 Å². The van der Waals surface area contributed by atoms with E-state index in [2.05, 4.69) is 10.4 Å². The lowest BCUT2D eigenvalue weighted by atomic mass is 10.1. The monoisotopic (exact) mass is 399 g/mol. The number of amides is 1. The average molecular weight is 399 g/mol. The first-order valence-corrected chi connectivity index (χ1v) is 9.43. The topological polar surface area (TPSA) is 65.4 Å². The molecule has 0 atom stereocenters. The van der Waals surface area contributed by atoms with Gasteiger partial charge in [0.1, 0.15) is 11.5 Å². The summed E-state index contributed by atoms with van der Waals surface area (Å²) in [5.41, 5.74) is 3.44. The Hall–Kier alpha value is -4.06. The number of hydrogen-bond acceptors (Lipinski definition) is 4. The predicted octanol–water partition coefficient (Wildman–Crippen LogP) is 4.81. The third-order valence-electron chi connectivity index (χ3n) is 4.72. The van der Waals surface area contributed by atoms with Gasteiger partial charge in [0.15, 0.2) is 0 Å². The van der Waals surface area contributed by atoms with E-state index in [1.165, 1.54) is 0 Å². The van der Waals surface area contributed by atoms with Crippen molar-refractivity contribution in [2.24, 2.45) is 0 Å². The first-order chi connectivity index (χ1) is 14.7. The van der Waals surface area contributed by atoms with E-state index in [9.17, 15) is 4.79 Å². The standard InChI is InChI=1S/C24H21N3O3/c1-29-19-13-14-22(30-2)21(15-19)26-24(28)20-16-25-27(18-11-7-4-8-12-18)23(20)17-9-5-3-6-10-17/h3-16H,1-2H3,(H,26,28). The van der Waals surface area contributed by atoms with Crippen molar-refractivity contribution < 1.29 is 14.3 Å². The van der Waals surface area contributed by atoms with Crippen LogP contribution in [0.3, 0.4) is 0 Å². The Morgan fingerprint density at radius 3 is 2.27 bits per heavy atom. The van der Waals surface area contributed by atoms with Gasteiger partial charge in [-0.1, -0.05) is 48.5 Å². The number of benzene rings is 3. The molecule has 30 heavy (non-hydrogen) atoms. The minimum Gasteiger partial charge on any atom is -0.497 e. The van der Waals surface area contributed by atoms with Crippen molar-refractivity contribution in [3.05, 3.63) is 90.6 Å². The van der Waals surface area contributed by atoms with Gasteiger partial charge in [-0.2, -0.15) is 5.10 Å². The molecule has 6 nitrogen and oxygen atoms in total. The molecular weight excluding hydrogens is 378 g/mol. The second-order valence-electron chi connectivity index (χ2n) is 6.54. The number of para-hydroxylation sites is 1. The third-order valence-corrected chi connectivity index (χ3v) is 4.72. The van der Waals surface area contributed by atoms with Crippen LogP contribution in [0.5, 0.6) is 11.5 Å². The molecule has 0 aliphatic carbocycles. The van der Waals surface area contributed by atoms with Gasteiger partial charge in [-0.15, -0.1) is 0 Å². The van der Waals surface area contributed by atoms with Gasteiger partial charge < -0.3 is 14.8 Å². The summed E-state index contributed by atoms with van der Waals surface area (Å²) in [6, 6.07) is 24.7. The minimum atomic E-state index is -0.289. The Kier molecular flexibility index (Phi) is 5.48. The summed E-state index contributed by atoms with van der Waals surface area (Å²) in [6.45, 7) is 0. The number of hydrogen-bond donors (Lipinski definition) is 1. The van der Waals surface area contributed by atoms with Gasteiger partial charge in [-0.05, 0) is 24.3 Å². The zero-order chi connectivity index (χ0) is 20.9. The Morgan fingerprint density at radius 1 is 0.900 bits per heavy atom. The minimum absolute atomic E-state index is 0.289. The summed E-state index contributed by atoms with van der Waals surface area (Å²) >= 11 is 0. The summed E-state index contributed by atoms with van der Waals surface area (Å²) in [5, 5.41) is 7.43. The van der Waals surface area contributed by atoms with Crippen molar-refractivity contribution >= 4 is 11.6 Å². The van der Waals surface area contributed by atoms with Crippen LogP contribution in [0.15, 0.2) is 85.1 Å². The predicted molar refractivity (Wildman–Crippen MR) is 116 cm³/mol. The van der Waals surface area contributed by atoms with E-state index < -0.39 is 0 Å². The normalized spacial score (nSPS) is 10.5. The molecule has 0 saturated carbocycles. The molecule has 0 bridgehead atoms. The van der Waals surface area contributed by atoms with Crippen molar-refractivity contribution in [2.45, 2.75) is 0 Å². The second-order valence-corrected chi connectivity index (χ2v) is 6.54. The van der Waals surface area contributed by atoms with Crippen LogP contribution in [0.25, 0.3) is 16.9 Å². The molecule has 0 aliphatic rings. The van der Waals surface area contributed by atoms with E-state index in [-0.39, 0.29) is 5.91 Å². The van der Waals surface area contributed by atoms with E-state index in [0.29, 0.717) is 28.4 Å². The molecular formula is C24H21N3O3. The number of nitrogens with zero attached hydrogens (tertiary/aromatic N) is 2. The Balaban J connectivity index is 1.78. The summed E-state index contributed by atoms with van der Waals surface area (Å²) < 4.78 is 12.4. The summed E-state index contributed by atoms with van der Waals surface area (Å²) in [7, 11) is 3.13. The molecule has 1 amide bonds. The summed E-state index contributed by atoms with van der Waals surface area (Å²) in [5.74, 6) is 0.873. The van der Waals surface area contributed by atoms with Crippen LogP contribution in [0.1, 0.15) is 10.4 Å². The van der Waals surface area contributed by atoms with Gasteiger partial charge in [-0.3, -0.25) is 4.79 Å². The molecule has 0 fully saturated rings. The first-order valence-electron chi connectivity index (χ1n) is 9.43. The zero-order valence-electron chi connectivity index (χ0n) is 16.7. The fourth-order valence-corrected chi connectivity index (χ4v) is 3.25. The second kappa shape index (κ2) is 8.53. The highest BCUT2D eigenvalue weighted by atomic mass is 16.5. The maximum Gasteiger partial charge on any atom is 0.259 e. The van der Waals surface area contributed by atoms with Crippen molar-refractivity contribution in [3.63, 3.8) is 0 Å². The van der Waals surface area contributed by atoms with E-state index in [1.807, 2.05) is 60.7 Å². The number of ether oxygens (including phenoxy) is 2. The number of methoxy groups -OCH3 is 2. The lowest BCUT2D eigenvalue weighted by Crippen LogP contribution is -2.14. The molecule has 3 aromatic carbocycles. The number of rotatable bonds is 6. The first kappa shape index (κ1) is 19.3. The van der Waals surface area contributed by atoms with E-state index in [0.717, 1.165) is 11.3 Å².